The fourth-order valence-corrected chi connectivity index (χ4v) is 2.54. The first kappa shape index (κ1) is 8.05. The predicted molar refractivity (Wildman–Crippen MR) is 54.1 cm³/mol. The van der Waals surface area contributed by atoms with Crippen LogP contribution in [0.3, 0.4) is 0 Å². The first-order valence-corrected chi connectivity index (χ1v) is 5.58. The normalized spacial score (nSPS) is 23.8. The molecule has 2 rings (SSSR count). The Morgan fingerprint density at radius 3 is 2.83 bits per heavy atom. The molecule has 2 nitrogen and oxygen atoms in total. The lowest BCUT2D eigenvalue weighted by Gasteiger charge is -2.23. The highest BCUT2D eigenvalue weighted by Gasteiger charge is 2.12. The van der Waals surface area contributed by atoms with Crippen molar-refractivity contribution in [2.75, 3.05) is 16.9 Å². The second-order valence-corrected chi connectivity index (χ2v) is 4.28. The molecule has 1 fully saturated rings. The van der Waals surface area contributed by atoms with Crippen molar-refractivity contribution in [3.63, 3.8) is 0 Å². The molecular formula is C9H14N2S. The van der Waals surface area contributed by atoms with E-state index in [4.69, 9.17) is 0 Å². The van der Waals surface area contributed by atoms with Gasteiger partial charge in [0.1, 0.15) is 0 Å². The molecule has 1 aromatic heterocycles. The highest BCUT2D eigenvalue weighted by Crippen LogP contribution is 2.17. The van der Waals surface area contributed by atoms with Gasteiger partial charge in [-0.25, -0.2) is 0 Å². The zero-order valence-electron chi connectivity index (χ0n) is 7.07. The largest absolute Gasteiger partial charge is 0.323 e. The maximum absolute atomic E-state index is 3.46. The van der Waals surface area contributed by atoms with Crippen LogP contribution in [0.2, 0.25) is 0 Å². The van der Waals surface area contributed by atoms with Gasteiger partial charge in [0.05, 0.1) is 6.04 Å². The summed E-state index contributed by atoms with van der Waals surface area (Å²) in [4.78, 5) is 0. The Morgan fingerprint density at radius 1 is 1.33 bits per heavy atom. The lowest BCUT2D eigenvalue weighted by atomic mass is 10.2. The quantitative estimate of drug-likeness (QED) is 0.752. The van der Waals surface area contributed by atoms with E-state index < -0.39 is 0 Å². The topological polar surface area (TPSA) is 17.0 Å². The molecule has 1 unspecified atom stereocenters. The molecule has 0 radical (unpaired) electrons. The third kappa shape index (κ3) is 1.97. The monoisotopic (exact) mass is 182 g/mol. The van der Waals surface area contributed by atoms with Gasteiger partial charge in [-0.15, -0.1) is 0 Å². The Kier molecular flexibility index (Phi) is 2.61. The molecule has 0 bridgehead atoms. The Labute approximate surface area is 77.3 Å². The van der Waals surface area contributed by atoms with Crippen LogP contribution in [-0.4, -0.2) is 22.2 Å². The van der Waals surface area contributed by atoms with Gasteiger partial charge in [-0.1, -0.05) is 0 Å². The van der Waals surface area contributed by atoms with Gasteiger partial charge in [-0.3, -0.25) is 4.68 Å². The number of nitrogens with zero attached hydrogens (tertiary/aromatic N) is 1. The molecule has 12 heavy (non-hydrogen) atoms. The van der Waals surface area contributed by atoms with Gasteiger partial charge in [0.15, 0.2) is 0 Å². The minimum atomic E-state index is 0.663. The molecule has 1 atom stereocenters. The fraction of sp³-hybridized carbons (Fsp3) is 0.556. The third-order valence-electron chi connectivity index (χ3n) is 2.10. The average Bonchev–Trinajstić information content (AvgIpc) is 2.59. The zero-order chi connectivity index (χ0) is 8.23. The van der Waals surface area contributed by atoms with Gasteiger partial charge < -0.3 is 5.43 Å². The Morgan fingerprint density at radius 2 is 2.17 bits per heavy atom. The Hall–Kier alpha value is -0.570. The van der Waals surface area contributed by atoms with Crippen LogP contribution in [0.5, 0.6) is 0 Å². The van der Waals surface area contributed by atoms with E-state index >= 15 is 0 Å². The van der Waals surface area contributed by atoms with E-state index in [2.05, 4.69) is 22.5 Å². The molecule has 3 heteroatoms. The van der Waals surface area contributed by atoms with Gasteiger partial charge in [-0.05, 0) is 30.7 Å². The van der Waals surface area contributed by atoms with Crippen LogP contribution in [0.1, 0.15) is 12.8 Å². The van der Waals surface area contributed by atoms with Crippen molar-refractivity contribution in [1.82, 2.24) is 4.68 Å². The lowest BCUT2D eigenvalue weighted by molar-refractivity contribution is 0.620. The Balaban J connectivity index is 1.86. The summed E-state index contributed by atoms with van der Waals surface area (Å²) < 4.78 is 2.05. The Bertz CT molecular complexity index is 214. The summed E-state index contributed by atoms with van der Waals surface area (Å²) in [5, 5.41) is 0. The highest BCUT2D eigenvalue weighted by molar-refractivity contribution is 7.99. The van der Waals surface area contributed by atoms with E-state index in [1.807, 2.05) is 23.9 Å². The number of nitrogens with one attached hydrogen (secondary N) is 1. The fourth-order valence-electron chi connectivity index (χ4n) is 1.47. The summed E-state index contributed by atoms with van der Waals surface area (Å²) in [6.45, 7) is 0. The summed E-state index contributed by atoms with van der Waals surface area (Å²) in [6.07, 6.45) is 6.77. The summed E-state index contributed by atoms with van der Waals surface area (Å²) >= 11 is 2.05. The van der Waals surface area contributed by atoms with Crippen molar-refractivity contribution in [1.29, 1.82) is 0 Å². The second-order valence-electron chi connectivity index (χ2n) is 3.13. The van der Waals surface area contributed by atoms with Crippen LogP contribution in [0.4, 0.5) is 0 Å². The van der Waals surface area contributed by atoms with Crippen LogP contribution in [0, 0.1) is 0 Å². The average molecular weight is 182 g/mol. The molecule has 0 saturated carbocycles. The molecule has 1 aromatic rings. The molecule has 1 aliphatic heterocycles. The minimum absolute atomic E-state index is 0.663. The number of aromatic nitrogens is 1. The highest BCUT2D eigenvalue weighted by atomic mass is 32.2. The first-order valence-electron chi connectivity index (χ1n) is 4.42. The number of rotatable bonds is 2. The van der Waals surface area contributed by atoms with E-state index in [1.54, 1.807) is 0 Å². The third-order valence-corrected chi connectivity index (χ3v) is 3.31. The van der Waals surface area contributed by atoms with Crippen molar-refractivity contribution in [2.24, 2.45) is 0 Å². The van der Waals surface area contributed by atoms with Crippen molar-refractivity contribution in [3.05, 3.63) is 24.5 Å². The standard InChI is InChI=1S/C9H14N2S/c1-2-6-11(5-1)10-9-4-3-7-12-8-9/h1-2,5-6,9-10H,3-4,7-8H2. The van der Waals surface area contributed by atoms with Crippen molar-refractivity contribution < 1.29 is 0 Å². The smallest absolute Gasteiger partial charge is 0.0515 e. The maximum Gasteiger partial charge on any atom is 0.0515 e. The molecular weight excluding hydrogens is 168 g/mol. The van der Waals surface area contributed by atoms with Crippen LogP contribution in [0.15, 0.2) is 24.5 Å². The van der Waals surface area contributed by atoms with E-state index in [1.165, 1.54) is 24.3 Å². The predicted octanol–water partition coefficient (Wildman–Crippen LogP) is 1.93. The molecule has 1 saturated heterocycles. The number of hydrogen-bond acceptors (Lipinski definition) is 2. The molecule has 0 aromatic carbocycles. The van der Waals surface area contributed by atoms with Crippen molar-refractivity contribution in [2.45, 2.75) is 18.9 Å². The molecule has 0 aliphatic carbocycles. The van der Waals surface area contributed by atoms with Crippen LogP contribution in [0.25, 0.3) is 0 Å². The summed E-state index contributed by atoms with van der Waals surface area (Å²) in [5.41, 5.74) is 3.46. The number of hydrogen-bond donors (Lipinski definition) is 1. The van der Waals surface area contributed by atoms with Crippen molar-refractivity contribution in [3.8, 4) is 0 Å². The summed E-state index contributed by atoms with van der Waals surface area (Å²) in [7, 11) is 0. The first-order chi connectivity index (χ1) is 5.95. The summed E-state index contributed by atoms with van der Waals surface area (Å²) in [6, 6.07) is 4.75. The van der Waals surface area contributed by atoms with Crippen molar-refractivity contribution >= 4 is 11.8 Å². The van der Waals surface area contributed by atoms with Gasteiger partial charge >= 0.3 is 0 Å². The number of thioether (sulfide) groups is 1. The second kappa shape index (κ2) is 3.90. The SMILES string of the molecule is c1ccn(NC2CCCSC2)c1. The lowest BCUT2D eigenvalue weighted by Crippen LogP contribution is -2.31. The molecule has 1 aliphatic rings. The maximum atomic E-state index is 3.46. The zero-order valence-corrected chi connectivity index (χ0v) is 7.89. The van der Waals surface area contributed by atoms with E-state index in [-0.39, 0.29) is 0 Å². The molecule has 1 N–H and O–H groups in total. The van der Waals surface area contributed by atoms with Gasteiger partial charge in [0, 0.05) is 18.1 Å². The van der Waals surface area contributed by atoms with Gasteiger partial charge in [0.2, 0.25) is 0 Å². The van der Waals surface area contributed by atoms with E-state index in [0.29, 0.717) is 6.04 Å². The van der Waals surface area contributed by atoms with E-state index in [0.717, 1.165) is 0 Å². The van der Waals surface area contributed by atoms with E-state index in [9.17, 15) is 0 Å². The van der Waals surface area contributed by atoms with Gasteiger partial charge in [0.25, 0.3) is 0 Å². The molecule has 0 amide bonds. The van der Waals surface area contributed by atoms with Crippen LogP contribution < -0.4 is 5.43 Å². The minimum Gasteiger partial charge on any atom is -0.323 e. The van der Waals surface area contributed by atoms with Gasteiger partial charge in [-0.2, -0.15) is 11.8 Å². The van der Waals surface area contributed by atoms with Crippen LogP contribution in [-0.2, 0) is 0 Å². The molecule has 2 heterocycles. The van der Waals surface area contributed by atoms with Crippen LogP contribution >= 0.6 is 11.8 Å². The summed E-state index contributed by atoms with van der Waals surface area (Å²) in [5.74, 6) is 2.59. The molecule has 66 valence electrons. The molecule has 0 spiro atoms.